The Morgan fingerprint density at radius 3 is 2.54 bits per heavy atom. The van der Waals surface area contributed by atoms with E-state index in [1.807, 2.05) is 20.2 Å². The van der Waals surface area contributed by atoms with Crippen molar-refractivity contribution in [3.05, 3.63) is 36.6 Å². The molecule has 0 aromatic rings. The van der Waals surface area contributed by atoms with Gasteiger partial charge in [0.05, 0.1) is 0 Å². The molecule has 0 rings (SSSR count). The summed E-state index contributed by atoms with van der Waals surface area (Å²) in [5.41, 5.74) is 1.27. The lowest BCUT2D eigenvalue weighted by molar-refractivity contribution is 0.514. The highest BCUT2D eigenvalue weighted by atomic mass is 15.1. The summed E-state index contributed by atoms with van der Waals surface area (Å²) in [5.74, 6) is 0.587. The second kappa shape index (κ2) is 6.53. The molecule has 0 heterocycles. The minimum absolute atomic E-state index is 0.587. The van der Waals surface area contributed by atoms with Gasteiger partial charge in [-0.2, -0.15) is 0 Å². The lowest BCUT2D eigenvalue weighted by Gasteiger charge is -2.11. The predicted molar refractivity (Wildman–Crippen MR) is 60.6 cm³/mol. The molecule has 0 amide bonds. The summed E-state index contributed by atoms with van der Waals surface area (Å²) in [4.78, 5) is 2.10. The fourth-order valence-electron chi connectivity index (χ4n) is 0.875. The van der Waals surface area contributed by atoms with E-state index in [0.29, 0.717) is 5.92 Å². The van der Waals surface area contributed by atoms with E-state index in [-0.39, 0.29) is 0 Å². The number of rotatable bonds is 5. The number of nitrogens with zero attached hydrogens (tertiary/aromatic N) is 1. The van der Waals surface area contributed by atoms with Crippen molar-refractivity contribution in [3.63, 3.8) is 0 Å². The van der Waals surface area contributed by atoms with Gasteiger partial charge in [0.15, 0.2) is 0 Å². The number of hydrogen-bond acceptors (Lipinski definition) is 1. The topological polar surface area (TPSA) is 3.24 Å². The predicted octanol–water partition coefficient (Wildman–Crippen LogP) is 3.22. The maximum Gasteiger partial charge on any atom is 0.00957 e. The molecule has 0 aliphatic carbocycles. The van der Waals surface area contributed by atoms with Crippen molar-refractivity contribution < 1.29 is 0 Å². The molecule has 1 unspecified atom stereocenters. The van der Waals surface area contributed by atoms with Crippen LogP contribution in [0.25, 0.3) is 0 Å². The van der Waals surface area contributed by atoms with E-state index in [4.69, 9.17) is 0 Å². The summed E-state index contributed by atoms with van der Waals surface area (Å²) < 4.78 is 0. The van der Waals surface area contributed by atoms with Crippen molar-refractivity contribution in [2.75, 3.05) is 14.1 Å². The SMILES string of the molecule is C=CCC(C)C=CC=C(C)N(C)C. The van der Waals surface area contributed by atoms with Crippen LogP contribution in [-0.4, -0.2) is 19.0 Å². The van der Waals surface area contributed by atoms with Gasteiger partial charge in [-0.3, -0.25) is 0 Å². The van der Waals surface area contributed by atoms with E-state index in [9.17, 15) is 0 Å². The lowest BCUT2D eigenvalue weighted by atomic mass is 10.1. The highest BCUT2D eigenvalue weighted by molar-refractivity contribution is 5.10. The molecule has 0 bridgehead atoms. The molecule has 0 aliphatic heterocycles. The molecule has 0 fully saturated rings. The van der Waals surface area contributed by atoms with Crippen LogP contribution in [-0.2, 0) is 0 Å². The Morgan fingerprint density at radius 1 is 1.46 bits per heavy atom. The molecule has 1 heteroatoms. The highest BCUT2D eigenvalue weighted by Crippen LogP contribution is 2.04. The van der Waals surface area contributed by atoms with Crippen molar-refractivity contribution in [2.45, 2.75) is 20.3 Å². The lowest BCUT2D eigenvalue weighted by Crippen LogP contribution is -2.07. The third kappa shape index (κ3) is 6.21. The molecule has 0 N–H and O–H groups in total. The molecular weight excluding hydrogens is 158 g/mol. The van der Waals surface area contributed by atoms with Gasteiger partial charge in [0.2, 0.25) is 0 Å². The summed E-state index contributed by atoms with van der Waals surface area (Å²) >= 11 is 0. The van der Waals surface area contributed by atoms with Crippen LogP contribution in [0.1, 0.15) is 20.3 Å². The van der Waals surface area contributed by atoms with Crippen molar-refractivity contribution in [1.29, 1.82) is 0 Å². The fraction of sp³-hybridized carbons (Fsp3) is 0.500. The first-order valence-corrected chi connectivity index (χ1v) is 4.71. The second-order valence-corrected chi connectivity index (χ2v) is 3.59. The van der Waals surface area contributed by atoms with Crippen molar-refractivity contribution >= 4 is 0 Å². The molecule has 74 valence electrons. The van der Waals surface area contributed by atoms with Crippen LogP contribution in [0.5, 0.6) is 0 Å². The Balaban J connectivity index is 3.98. The molecule has 1 atom stereocenters. The molecule has 0 saturated carbocycles. The first-order chi connectivity index (χ1) is 6.07. The minimum Gasteiger partial charge on any atom is -0.381 e. The second-order valence-electron chi connectivity index (χ2n) is 3.59. The molecular formula is C12H21N. The maximum absolute atomic E-state index is 3.71. The van der Waals surface area contributed by atoms with Gasteiger partial charge in [0.25, 0.3) is 0 Å². The molecule has 1 nitrogen and oxygen atoms in total. The monoisotopic (exact) mass is 179 g/mol. The molecule has 0 aromatic heterocycles. The van der Waals surface area contributed by atoms with Gasteiger partial charge in [-0.05, 0) is 25.3 Å². The van der Waals surface area contributed by atoms with Crippen LogP contribution in [0.3, 0.4) is 0 Å². The Kier molecular flexibility index (Phi) is 6.03. The van der Waals surface area contributed by atoms with Gasteiger partial charge in [-0.25, -0.2) is 0 Å². The van der Waals surface area contributed by atoms with Gasteiger partial charge in [0.1, 0.15) is 0 Å². The van der Waals surface area contributed by atoms with Crippen molar-refractivity contribution in [1.82, 2.24) is 4.90 Å². The van der Waals surface area contributed by atoms with Crippen LogP contribution in [0.4, 0.5) is 0 Å². The summed E-state index contributed by atoms with van der Waals surface area (Å²) in [5, 5.41) is 0. The van der Waals surface area contributed by atoms with E-state index < -0.39 is 0 Å². The van der Waals surface area contributed by atoms with E-state index in [0.717, 1.165) is 6.42 Å². The smallest absolute Gasteiger partial charge is 0.00957 e. The first-order valence-electron chi connectivity index (χ1n) is 4.71. The van der Waals surface area contributed by atoms with Gasteiger partial charge in [-0.15, -0.1) is 6.58 Å². The van der Waals surface area contributed by atoms with E-state index >= 15 is 0 Å². The molecule has 0 saturated heterocycles. The van der Waals surface area contributed by atoms with Crippen LogP contribution in [0, 0.1) is 5.92 Å². The zero-order valence-corrected chi connectivity index (χ0v) is 9.25. The maximum atomic E-state index is 3.71. The summed E-state index contributed by atoms with van der Waals surface area (Å²) in [6.07, 6.45) is 9.45. The summed E-state index contributed by atoms with van der Waals surface area (Å²) in [7, 11) is 4.10. The zero-order chi connectivity index (χ0) is 10.3. The number of hydrogen-bond donors (Lipinski definition) is 0. The summed E-state index contributed by atoms with van der Waals surface area (Å²) in [6, 6.07) is 0. The third-order valence-corrected chi connectivity index (χ3v) is 2.02. The highest BCUT2D eigenvalue weighted by Gasteiger charge is 1.91. The van der Waals surface area contributed by atoms with Crippen LogP contribution < -0.4 is 0 Å². The minimum atomic E-state index is 0.587. The average Bonchev–Trinajstić information content (AvgIpc) is 2.04. The van der Waals surface area contributed by atoms with E-state index in [1.54, 1.807) is 0 Å². The Hall–Kier alpha value is -0.980. The summed E-state index contributed by atoms with van der Waals surface area (Å²) in [6.45, 7) is 8.01. The zero-order valence-electron chi connectivity index (χ0n) is 9.25. The molecule has 0 radical (unpaired) electrons. The van der Waals surface area contributed by atoms with Gasteiger partial charge in [-0.1, -0.05) is 25.2 Å². The average molecular weight is 179 g/mol. The molecule has 13 heavy (non-hydrogen) atoms. The quantitative estimate of drug-likeness (QED) is 0.462. The largest absolute Gasteiger partial charge is 0.381 e. The van der Waals surface area contributed by atoms with Gasteiger partial charge in [0, 0.05) is 19.8 Å². The molecule has 0 aromatic carbocycles. The fourth-order valence-corrected chi connectivity index (χ4v) is 0.875. The van der Waals surface area contributed by atoms with E-state index in [1.165, 1.54) is 5.70 Å². The van der Waals surface area contributed by atoms with E-state index in [2.05, 4.69) is 43.6 Å². The molecule has 0 aliphatic rings. The molecule has 0 spiro atoms. The normalized spacial score (nSPS) is 14.6. The Bertz CT molecular complexity index is 199. The number of allylic oxidation sites excluding steroid dienone is 5. The van der Waals surface area contributed by atoms with Crippen LogP contribution in [0.2, 0.25) is 0 Å². The van der Waals surface area contributed by atoms with Crippen LogP contribution >= 0.6 is 0 Å². The van der Waals surface area contributed by atoms with Crippen LogP contribution in [0.15, 0.2) is 36.6 Å². The Morgan fingerprint density at radius 2 is 2.08 bits per heavy atom. The van der Waals surface area contributed by atoms with Gasteiger partial charge < -0.3 is 4.90 Å². The Labute approximate surface area is 82.4 Å². The third-order valence-electron chi connectivity index (χ3n) is 2.02. The van der Waals surface area contributed by atoms with Crippen molar-refractivity contribution in [2.24, 2.45) is 5.92 Å². The first kappa shape index (κ1) is 12.0. The standard InChI is InChI=1S/C12H21N/c1-6-8-11(2)9-7-10-12(3)13(4)5/h6-7,9-11H,1,8H2,2-5H3. The van der Waals surface area contributed by atoms with Crippen molar-refractivity contribution in [3.8, 4) is 0 Å². The van der Waals surface area contributed by atoms with Gasteiger partial charge >= 0.3 is 0 Å².